The minimum Gasteiger partial charge on any atom is -0.455 e. The topological polar surface area (TPSA) is 93.2 Å². The minimum atomic E-state index is -0.530. The molecule has 0 aliphatic carbocycles. The number of carbonyl (C=O) groups excluding carboxylic acids is 4. The van der Waals surface area contributed by atoms with Gasteiger partial charge in [0.05, 0.1) is 22.5 Å². The molecule has 4 amide bonds. The van der Waals surface area contributed by atoms with Gasteiger partial charge in [0.25, 0.3) is 23.6 Å². The first kappa shape index (κ1) is 56.3. The smallest absolute Gasteiger partial charge is 0.266 e. The van der Waals surface area contributed by atoms with Gasteiger partial charge in [0.2, 0.25) is 0 Å². The average Bonchev–Trinajstić information content (AvgIpc) is 0.680. The molecule has 13 aromatic rings. The van der Waals surface area contributed by atoms with Crippen molar-refractivity contribution in [1.82, 2.24) is 0 Å². The van der Waals surface area contributed by atoms with Crippen molar-refractivity contribution < 1.29 is 28.7 Å². The van der Waals surface area contributed by atoms with Crippen molar-refractivity contribution in [2.75, 3.05) is 9.80 Å². The first-order chi connectivity index (χ1) is 44.3. The zero-order chi connectivity index (χ0) is 62.5. The summed E-state index contributed by atoms with van der Waals surface area (Å²) in [7, 11) is 0. The van der Waals surface area contributed by atoms with E-state index in [0.29, 0.717) is 94.2 Å². The van der Waals surface area contributed by atoms with Gasteiger partial charge in [-0.15, -0.1) is 0 Å². The van der Waals surface area contributed by atoms with Crippen LogP contribution >= 0.6 is 0 Å². The van der Waals surface area contributed by atoms with Crippen molar-refractivity contribution in [3.63, 3.8) is 0 Å². The first-order valence-electron chi connectivity index (χ1n) is 31.1. The Bertz CT molecular complexity index is 5040. The molecule has 0 aromatic heterocycles. The van der Waals surface area contributed by atoms with Crippen molar-refractivity contribution in [1.29, 1.82) is 0 Å². The first-order valence-corrected chi connectivity index (χ1v) is 31.1. The molecular weight excluding hydrogens is 1120 g/mol. The maximum Gasteiger partial charge on any atom is 0.266 e. The molecule has 2 heterocycles. The second-order valence-corrected chi connectivity index (χ2v) is 24.6. The van der Waals surface area contributed by atoms with Crippen molar-refractivity contribution in [2.24, 2.45) is 0 Å². The highest BCUT2D eigenvalue weighted by Crippen LogP contribution is 2.56. The van der Waals surface area contributed by atoms with Crippen molar-refractivity contribution >= 4 is 84.2 Å². The maximum absolute atomic E-state index is 16.4. The molecule has 0 N–H and O–H groups in total. The van der Waals surface area contributed by atoms with E-state index in [1.165, 1.54) is 9.80 Å². The van der Waals surface area contributed by atoms with E-state index in [4.69, 9.17) is 9.47 Å². The van der Waals surface area contributed by atoms with Crippen LogP contribution in [0, 0.1) is 0 Å². The van der Waals surface area contributed by atoms with E-state index in [1.54, 1.807) is 12.1 Å². The molecule has 0 unspecified atom stereocenters. The van der Waals surface area contributed by atoms with Crippen LogP contribution in [0.5, 0.6) is 23.0 Å². The van der Waals surface area contributed by atoms with Crippen LogP contribution < -0.4 is 19.3 Å². The zero-order valence-corrected chi connectivity index (χ0v) is 51.3. The Morgan fingerprint density at radius 1 is 0.319 bits per heavy atom. The summed E-state index contributed by atoms with van der Waals surface area (Å²) in [4.78, 5) is 67.2. The molecular formula is C83H62N2O6. The average molecular weight is 1180 g/mol. The Hall–Kier alpha value is -11.2. The largest absolute Gasteiger partial charge is 0.455 e. The summed E-state index contributed by atoms with van der Waals surface area (Å²) >= 11 is 0. The quantitative estimate of drug-likeness (QED) is 0.0612. The predicted molar refractivity (Wildman–Crippen MR) is 370 cm³/mol. The van der Waals surface area contributed by atoms with Crippen LogP contribution in [0.15, 0.2) is 237 Å². The SMILES string of the molecule is C=Cc1cccc(C(C)C)c1N1C(=O)c2ccc3c4c(Oc5c(-c6ccccc6)cccc5-c5ccccc5)cc5c6c(ccc(c7c(Oc8c(-c9ccccc9)cccc8-c8ccccc8)cc(c2c37)C1=O)c64)C(=O)N(c1c(C(C)C)cccc1C(C)C)C5=O. The van der Waals surface area contributed by atoms with Crippen molar-refractivity contribution in [3.8, 4) is 67.5 Å². The third-order valence-corrected chi connectivity index (χ3v) is 18.3. The molecule has 0 atom stereocenters. The molecule has 440 valence electrons. The highest BCUT2D eigenvalue weighted by atomic mass is 16.5. The highest BCUT2D eigenvalue weighted by molar-refractivity contribution is 6.47. The fourth-order valence-corrected chi connectivity index (χ4v) is 14.1. The van der Waals surface area contributed by atoms with Crippen LogP contribution in [0.2, 0.25) is 0 Å². The van der Waals surface area contributed by atoms with Crippen LogP contribution in [0.4, 0.5) is 11.4 Å². The maximum atomic E-state index is 16.4. The van der Waals surface area contributed by atoms with Gasteiger partial charge >= 0.3 is 0 Å². The van der Waals surface area contributed by atoms with Gasteiger partial charge < -0.3 is 9.47 Å². The lowest BCUT2D eigenvalue weighted by Crippen LogP contribution is -2.42. The molecule has 0 saturated heterocycles. The number of amides is 4. The Kier molecular flexibility index (Phi) is 13.7. The summed E-state index contributed by atoms with van der Waals surface area (Å²) in [6, 6.07) is 75.4. The molecule has 2 aliphatic rings. The molecule has 2 aliphatic heterocycles. The number of para-hydroxylation sites is 4. The van der Waals surface area contributed by atoms with E-state index < -0.39 is 23.6 Å². The number of ether oxygens (including phenoxy) is 2. The van der Waals surface area contributed by atoms with E-state index >= 15 is 19.2 Å². The minimum absolute atomic E-state index is 0.0397. The number of anilines is 2. The van der Waals surface area contributed by atoms with Crippen molar-refractivity contribution in [3.05, 3.63) is 282 Å². The monoisotopic (exact) mass is 1180 g/mol. The van der Waals surface area contributed by atoms with Crippen molar-refractivity contribution in [2.45, 2.75) is 59.3 Å². The molecule has 0 fully saturated rings. The Morgan fingerprint density at radius 2 is 0.637 bits per heavy atom. The lowest BCUT2D eigenvalue weighted by atomic mass is 9.81. The van der Waals surface area contributed by atoms with Gasteiger partial charge in [-0.1, -0.05) is 260 Å². The number of imide groups is 2. The molecule has 0 saturated carbocycles. The summed E-state index contributed by atoms with van der Waals surface area (Å²) < 4.78 is 15.5. The summed E-state index contributed by atoms with van der Waals surface area (Å²) in [6.45, 7) is 16.6. The third-order valence-electron chi connectivity index (χ3n) is 18.3. The number of benzene rings is 13. The Balaban J connectivity index is 1.11. The molecule has 8 nitrogen and oxygen atoms in total. The van der Waals surface area contributed by atoms with Gasteiger partial charge in [0, 0.05) is 65.7 Å². The van der Waals surface area contributed by atoms with Crippen LogP contribution in [0.3, 0.4) is 0 Å². The van der Waals surface area contributed by atoms with E-state index in [0.717, 1.165) is 61.2 Å². The number of fused-ring (bicyclic) bond motifs is 2. The fourth-order valence-electron chi connectivity index (χ4n) is 14.1. The van der Waals surface area contributed by atoms with Crippen LogP contribution in [-0.4, -0.2) is 23.6 Å². The number of hydrogen-bond acceptors (Lipinski definition) is 6. The van der Waals surface area contributed by atoms with E-state index in [2.05, 4.69) is 58.5 Å². The summed E-state index contributed by atoms with van der Waals surface area (Å²) in [6.07, 6.45) is 1.69. The lowest BCUT2D eigenvalue weighted by Gasteiger charge is -2.34. The van der Waals surface area contributed by atoms with Gasteiger partial charge in [-0.3, -0.25) is 19.2 Å². The predicted octanol–water partition coefficient (Wildman–Crippen LogP) is 21.6. The van der Waals surface area contributed by atoms with E-state index in [1.807, 2.05) is 214 Å². The van der Waals surface area contributed by atoms with Crippen LogP contribution in [-0.2, 0) is 0 Å². The fraction of sp³-hybridized carbons (Fsp3) is 0.108. The van der Waals surface area contributed by atoms with Crippen LogP contribution in [0.25, 0.3) is 93.7 Å². The standard InChI is InChI=1S/C83H62N2O6/c1-8-50-33-21-34-55(47(2)3)76(50)84-80(86)64-43-41-62-73-69(91-79-60(53-29-17-11-18-30-53)39-24-40-61(79)54-31-19-12-20-32-54)46-67-71-65(81(87)85(83(67)89)77-56(48(4)5)35-22-36-57(77)49(6)7)44-42-63(75(71)73)72-68(45-66(82(84)88)70(64)74(62)72)90-78-58(51-25-13-9-14-26-51)37-23-38-59(78)52-27-15-10-16-28-52/h8-49H,1H2,2-7H3. The van der Waals surface area contributed by atoms with E-state index in [9.17, 15) is 0 Å². The second kappa shape index (κ2) is 22.1. The molecule has 0 bridgehead atoms. The van der Waals surface area contributed by atoms with Crippen LogP contribution in [0.1, 0.15) is 123 Å². The van der Waals surface area contributed by atoms with E-state index in [-0.39, 0.29) is 28.9 Å². The van der Waals surface area contributed by atoms with Gasteiger partial charge in [-0.05, 0) is 97.3 Å². The Morgan fingerprint density at radius 3 is 0.989 bits per heavy atom. The van der Waals surface area contributed by atoms with Gasteiger partial charge in [0.1, 0.15) is 23.0 Å². The second-order valence-electron chi connectivity index (χ2n) is 24.6. The number of carbonyl (C=O) groups is 4. The summed E-state index contributed by atoms with van der Waals surface area (Å²) in [5, 5.41) is 4.45. The highest BCUT2D eigenvalue weighted by Gasteiger charge is 2.42. The lowest BCUT2D eigenvalue weighted by molar-refractivity contribution is 0.0877. The molecule has 0 radical (unpaired) electrons. The molecule has 0 spiro atoms. The summed E-state index contributed by atoms with van der Waals surface area (Å²) in [5.74, 6) is -0.393. The normalized spacial score (nSPS) is 13.1. The number of hydrogen-bond donors (Lipinski definition) is 0. The third kappa shape index (κ3) is 8.87. The number of rotatable bonds is 14. The molecule has 13 aromatic carbocycles. The molecule has 8 heteroatoms. The van der Waals surface area contributed by atoms with Gasteiger partial charge in [-0.25, -0.2) is 9.80 Å². The number of nitrogens with zero attached hydrogens (tertiary/aromatic N) is 2. The Labute approximate surface area is 528 Å². The summed E-state index contributed by atoms with van der Waals surface area (Å²) in [5.41, 5.74) is 12.3. The van der Waals surface area contributed by atoms with Gasteiger partial charge in [-0.2, -0.15) is 0 Å². The zero-order valence-electron chi connectivity index (χ0n) is 51.3. The molecule has 15 rings (SSSR count). The molecule has 91 heavy (non-hydrogen) atoms. The van der Waals surface area contributed by atoms with Gasteiger partial charge in [0.15, 0.2) is 0 Å².